The highest BCUT2D eigenvalue weighted by Gasteiger charge is 2.61. The Kier molecular flexibility index (Phi) is 15.8. The first kappa shape index (κ1) is 54.5. The molecule has 81 heavy (non-hydrogen) atoms. The molecule has 9 aliphatic rings. The quantitative estimate of drug-likeness (QED) is 0.0740. The van der Waals surface area contributed by atoms with Crippen LogP contribution in [0.2, 0.25) is 0 Å². The van der Waals surface area contributed by atoms with Gasteiger partial charge in [0.25, 0.3) is 16.6 Å². The van der Waals surface area contributed by atoms with Crippen LogP contribution in [0.5, 0.6) is 0 Å². The second-order valence-corrected chi connectivity index (χ2v) is 32.3. The molecule has 4 aliphatic carbocycles. The summed E-state index contributed by atoms with van der Waals surface area (Å²) < 4.78 is 17.5. The maximum Gasteiger partial charge on any atom is 0.288 e. The van der Waals surface area contributed by atoms with Gasteiger partial charge in [-0.25, -0.2) is 0 Å². The van der Waals surface area contributed by atoms with Gasteiger partial charge in [-0.15, -0.1) is 0 Å². The van der Waals surface area contributed by atoms with Gasteiger partial charge >= 0.3 is 0 Å². The van der Waals surface area contributed by atoms with E-state index in [1.54, 1.807) is 0 Å². The van der Waals surface area contributed by atoms with E-state index in [9.17, 15) is 0 Å². The van der Waals surface area contributed by atoms with Crippen LogP contribution in [0, 0.1) is 47.3 Å². The van der Waals surface area contributed by atoms with E-state index in [1.807, 2.05) is 0 Å². The van der Waals surface area contributed by atoms with Crippen LogP contribution in [0.1, 0.15) is 89.9 Å². The predicted molar refractivity (Wildman–Crippen MR) is 337 cm³/mol. The molecular weight excluding hydrogens is 1050 g/mol. The smallest absolute Gasteiger partial charge is 0.288 e. The molecule has 424 valence electrons. The molecule has 0 amide bonds. The number of fused-ring (bicyclic) bond motifs is 20. The summed E-state index contributed by atoms with van der Waals surface area (Å²) in [6.45, 7) is 0. The average molecular weight is 1130 g/mol. The highest BCUT2D eigenvalue weighted by Crippen LogP contribution is 2.47. The fourth-order valence-electron chi connectivity index (χ4n) is 18.1. The predicted octanol–water partition coefficient (Wildman–Crippen LogP) is 4.48. The molecular formula is C68H88N8O2Si3. The lowest BCUT2D eigenvalue weighted by Crippen LogP contribution is -2.75. The first-order valence-corrected chi connectivity index (χ1v) is 35.2. The molecule has 5 heterocycles. The van der Waals surface area contributed by atoms with Crippen LogP contribution in [-0.2, 0) is 8.85 Å². The zero-order valence-corrected chi connectivity index (χ0v) is 48.4. The van der Waals surface area contributed by atoms with Crippen LogP contribution in [0.15, 0.2) is 182 Å². The molecule has 6 aromatic rings. The molecule has 5 saturated heterocycles. The average Bonchev–Trinajstić information content (AvgIpc) is 3.86. The molecule has 9 fully saturated rings. The Labute approximate surface area is 488 Å². The van der Waals surface area contributed by atoms with Crippen LogP contribution in [0.3, 0.4) is 0 Å². The summed E-state index contributed by atoms with van der Waals surface area (Å²) in [6, 6.07) is 67.7. The standard InChI is InChI=1S/C68H84N8O2Si2.H4Si/c1-7-25-45(26-8-1)79(46-27-9-2-10-28-46,47-29-11-3-12-30-47)77-58-44-43-57-59(60(58)78-80(48-31-13-4-14-32-48,49-33-15-5-16-34-49)50-35-17-6-18-36-50)68-75-66-56-42-24-23-41-55(56)64(73-66)71-62-52-38-20-19-37-51(52)61(69-62)70-63-53-39-21-22-40-54(53)65(72-63)74-67(57)76-68;/h1-18,25-36,51-76H,19-24,37-44H2;1H4. The number of hydrogen-bond donors (Lipinski definition) is 8. The Morgan fingerprint density at radius 2 is 0.494 bits per heavy atom. The van der Waals surface area contributed by atoms with Crippen molar-refractivity contribution in [2.45, 2.75) is 151 Å². The zero-order chi connectivity index (χ0) is 53.0. The van der Waals surface area contributed by atoms with Crippen LogP contribution in [-0.4, -0.2) is 89.1 Å². The molecule has 18 atom stereocenters. The number of nitrogens with one attached hydrogen (secondary N) is 8. The lowest BCUT2D eigenvalue weighted by atomic mass is 9.74. The Balaban J connectivity index is 0.00000589. The van der Waals surface area contributed by atoms with Crippen molar-refractivity contribution < 1.29 is 8.85 Å². The van der Waals surface area contributed by atoms with Crippen molar-refractivity contribution in [2.24, 2.45) is 47.3 Å². The molecule has 8 N–H and O–H groups in total. The molecule has 6 aromatic carbocycles. The Hall–Kier alpha value is -4.43. The molecule has 0 aromatic heterocycles. The summed E-state index contributed by atoms with van der Waals surface area (Å²) in [4.78, 5) is 0. The van der Waals surface area contributed by atoms with E-state index < -0.39 is 16.6 Å². The number of hydrogen-bond acceptors (Lipinski definition) is 10. The lowest BCUT2D eigenvalue weighted by Gasteiger charge is -2.50. The van der Waals surface area contributed by atoms with Gasteiger partial charge in [-0.05, 0) is 135 Å². The van der Waals surface area contributed by atoms with Crippen molar-refractivity contribution in [2.75, 3.05) is 0 Å². The van der Waals surface area contributed by atoms with Gasteiger partial charge in [0.1, 0.15) is 0 Å². The second-order valence-electron chi connectivity index (χ2n) is 25.6. The Morgan fingerprint density at radius 3 is 0.765 bits per heavy atom. The minimum absolute atomic E-state index is 0. The first-order valence-electron chi connectivity index (χ1n) is 31.4. The van der Waals surface area contributed by atoms with Crippen LogP contribution >= 0.6 is 0 Å². The Morgan fingerprint density at radius 1 is 0.259 bits per heavy atom. The van der Waals surface area contributed by atoms with Gasteiger partial charge in [-0.1, -0.05) is 221 Å². The third-order valence-corrected chi connectivity index (χ3v) is 29.8. The van der Waals surface area contributed by atoms with E-state index in [-0.39, 0.29) is 78.2 Å². The second kappa shape index (κ2) is 23.6. The van der Waals surface area contributed by atoms with Crippen LogP contribution in [0.4, 0.5) is 0 Å². The highest BCUT2D eigenvalue weighted by atomic mass is 28.4. The normalized spacial score (nSPS) is 36.3. The Bertz CT molecular complexity index is 2800. The molecule has 4 saturated carbocycles. The fourth-order valence-corrected chi connectivity index (χ4v) is 26.3. The van der Waals surface area contributed by atoms with E-state index >= 15 is 0 Å². The van der Waals surface area contributed by atoms with Gasteiger partial charge < -0.3 is 8.85 Å². The van der Waals surface area contributed by atoms with Gasteiger partial charge in [0.15, 0.2) is 0 Å². The first-order chi connectivity index (χ1) is 39.6. The molecule has 18 unspecified atom stereocenters. The summed E-state index contributed by atoms with van der Waals surface area (Å²) >= 11 is 0. The summed E-state index contributed by atoms with van der Waals surface area (Å²) in [5.74, 6) is 3.76. The van der Waals surface area contributed by atoms with Crippen molar-refractivity contribution in [3.05, 3.63) is 182 Å². The van der Waals surface area contributed by atoms with Crippen molar-refractivity contribution in [1.82, 2.24) is 42.5 Å². The zero-order valence-electron chi connectivity index (χ0n) is 46.4. The van der Waals surface area contributed by atoms with Crippen LogP contribution < -0.4 is 73.7 Å². The van der Waals surface area contributed by atoms with Crippen molar-refractivity contribution in [1.29, 1.82) is 0 Å². The van der Waals surface area contributed by atoms with Gasteiger partial charge in [0, 0.05) is 5.92 Å². The summed E-state index contributed by atoms with van der Waals surface area (Å²) in [5.41, 5.74) is 0. The molecule has 5 aliphatic heterocycles. The molecule has 0 spiro atoms. The number of rotatable bonds is 10. The van der Waals surface area contributed by atoms with E-state index in [0.29, 0.717) is 41.7 Å². The van der Waals surface area contributed by atoms with E-state index in [1.165, 1.54) is 108 Å². The maximum atomic E-state index is 8.87. The van der Waals surface area contributed by atoms with Crippen molar-refractivity contribution in [3.63, 3.8) is 0 Å². The molecule has 0 radical (unpaired) electrons. The SMILES string of the molecule is [SiH4].c1ccc([Si](OC2CCC3C4NC5NC(NC6NC(NC7NC(NC(N4)C3C2O[Si](c2ccccc2)(c2ccccc2)c2ccccc2)C2CCCCC72)C2CCCCC62)C2CCCCC52)(c2ccccc2)c2ccccc2)cc1. The monoisotopic (exact) mass is 1130 g/mol. The van der Waals surface area contributed by atoms with Gasteiger partial charge in [0.2, 0.25) is 0 Å². The van der Waals surface area contributed by atoms with E-state index in [4.69, 9.17) is 8.85 Å². The lowest BCUT2D eigenvalue weighted by molar-refractivity contribution is -0.0466. The van der Waals surface area contributed by atoms with Crippen LogP contribution in [0.25, 0.3) is 0 Å². The molecule has 15 rings (SSSR count). The number of benzene rings is 6. The molecule has 13 heteroatoms. The van der Waals surface area contributed by atoms with E-state index in [2.05, 4.69) is 225 Å². The molecule has 8 bridgehead atoms. The van der Waals surface area contributed by atoms with E-state index in [0.717, 1.165) is 12.8 Å². The topological polar surface area (TPSA) is 115 Å². The van der Waals surface area contributed by atoms with Gasteiger partial charge in [-0.3, -0.25) is 42.5 Å². The maximum absolute atomic E-state index is 8.87. The van der Waals surface area contributed by atoms with Gasteiger partial charge in [-0.2, -0.15) is 0 Å². The summed E-state index contributed by atoms with van der Waals surface area (Å²) in [7, 11) is -6.62. The fraction of sp³-hybridized carbons (Fsp3) is 0.471. The minimum atomic E-state index is -3.35. The minimum Gasteiger partial charge on any atom is -0.399 e. The molecule has 10 nitrogen and oxygen atoms in total. The van der Waals surface area contributed by atoms with Crippen molar-refractivity contribution in [3.8, 4) is 0 Å². The third-order valence-electron chi connectivity index (χ3n) is 21.6. The summed E-state index contributed by atoms with van der Waals surface area (Å²) in [6.07, 6.45) is 18.1. The largest absolute Gasteiger partial charge is 0.399 e. The summed E-state index contributed by atoms with van der Waals surface area (Å²) in [5, 5.41) is 42.9. The van der Waals surface area contributed by atoms with Gasteiger partial charge in [0.05, 0.1) is 61.5 Å². The third kappa shape index (κ3) is 9.87. The highest BCUT2D eigenvalue weighted by molar-refractivity contribution is 7.07. The van der Waals surface area contributed by atoms with Crippen molar-refractivity contribution >= 4 is 58.7 Å².